The van der Waals surface area contributed by atoms with Gasteiger partial charge in [-0.05, 0) is 37.1 Å². The van der Waals surface area contributed by atoms with E-state index < -0.39 is 0 Å². The lowest BCUT2D eigenvalue weighted by atomic mass is 10.0. The Morgan fingerprint density at radius 1 is 1.44 bits per heavy atom. The standard InChI is InChI=1S/C13H17BrN4/c1-2-18-13(6-7-16-18)12(17-15)9-10-4-3-5-11(14)8-10/h3-8,12,17H,2,9,15H2,1H3. The second-order valence-corrected chi connectivity index (χ2v) is 5.04. The Morgan fingerprint density at radius 3 is 2.94 bits per heavy atom. The van der Waals surface area contributed by atoms with Crippen LogP contribution in [0.3, 0.4) is 0 Å². The topological polar surface area (TPSA) is 55.9 Å². The van der Waals surface area contributed by atoms with Gasteiger partial charge in [0.15, 0.2) is 0 Å². The second-order valence-electron chi connectivity index (χ2n) is 4.13. The Bertz CT molecular complexity index is 509. The van der Waals surface area contributed by atoms with E-state index in [-0.39, 0.29) is 6.04 Å². The van der Waals surface area contributed by atoms with Crippen molar-refractivity contribution in [2.24, 2.45) is 5.84 Å². The van der Waals surface area contributed by atoms with Gasteiger partial charge in [0.05, 0.1) is 11.7 Å². The maximum Gasteiger partial charge on any atom is 0.0669 e. The maximum absolute atomic E-state index is 5.67. The minimum atomic E-state index is 0.0711. The summed E-state index contributed by atoms with van der Waals surface area (Å²) in [5, 5.41) is 4.27. The van der Waals surface area contributed by atoms with Gasteiger partial charge < -0.3 is 0 Å². The number of aromatic nitrogens is 2. The number of hydrazine groups is 1. The van der Waals surface area contributed by atoms with E-state index in [9.17, 15) is 0 Å². The van der Waals surface area contributed by atoms with Crippen molar-refractivity contribution in [2.75, 3.05) is 0 Å². The van der Waals surface area contributed by atoms with Gasteiger partial charge >= 0.3 is 0 Å². The van der Waals surface area contributed by atoms with E-state index in [1.807, 2.05) is 29.1 Å². The van der Waals surface area contributed by atoms with Crippen molar-refractivity contribution in [1.29, 1.82) is 0 Å². The van der Waals surface area contributed by atoms with Crippen LogP contribution in [0.5, 0.6) is 0 Å². The molecule has 1 atom stereocenters. The van der Waals surface area contributed by atoms with Crippen LogP contribution >= 0.6 is 15.9 Å². The minimum Gasteiger partial charge on any atom is -0.271 e. The summed E-state index contributed by atoms with van der Waals surface area (Å²) >= 11 is 3.48. The fraction of sp³-hybridized carbons (Fsp3) is 0.308. The lowest BCUT2D eigenvalue weighted by Gasteiger charge is -2.17. The molecule has 18 heavy (non-hydrogen) atoms. The largest absolute Gasteiger partial charge is 0.271 e. The number of hydrogen-bond donors (Lipinski definition) is 2. The lowest BCUT2D eigenvalue weighted by Crippen LogP contribution is -2.31. The van der Waals surface area contributed by atoms with E-state index in [4.69, 9.17) is 5.84 Å². The van der Waals surface area contributed by atoms with Crippen molar-refractivity contribution < 1.29 is 0 Å². The molecule has 0 aliphatic heterocycles. The third-order valence-corrected chi connectivity index (χ3v) is 3.43. The van der Waals surface area contributed by atoms with Crippen LogP contribution in [-0.2, 0) is 13.0 Å². The molecule has 0 radical (unpaired) electrons. The average Bonchev–Trinajstić information content (AvgIpc) is 2.84. The van der Waals surface area contributed by atoms with Gasteiger partial charge in [0.25, 0.3) is 0 Å². The molecule has 2 rings (SSSR count). The summed E-state index contributed by atoms with van der Waals surface area (Å²) in [4.78, 5) is 0. The highest BCUT2D eigenvalue weighted by Crippen LogP contribution is 2.20. The molecule has 0 amide bonds. The smallest absolute Gasteiger partial charge is 0.0669 e. The molecule has 0 aliphatic rings. The van der Waals surface area contributed by atoms with E-state index in [1.54, 1.807) is 0 Å². The zero-order valence-corrected chi connectivity index (χ0v) is 11.9. The third kappa shape index (κ3) is 2.98. The molecule has 0 spiro atoms. The first-order chi connectivity index (χ1) is 8.74. The van der Waals surface area contributed by atoms with Crippen LogP contribution in [0.15, 0.2) is 41.0 Å². The molecule has 0 aliphatic carbocycles. The monoisotopic (exact) mass is 308 g/mol. The molecule has 4 nitrogen and oxygen atoms in total. The zero-order chi connectivity index (χ0) is 13.0. The van der Waals surface area contributed by atoms with Gasteiger partial charge in [0.1, 0.15) is 0 Å². The predicted octanol–water partition coefficient (Wildman–Crippen LogP) is 2.41. The van der Waals surface area contributed by atoms with E-state index in [2.05, 4.69) is 45.5 Å². The quantitative estimate of drug-likeness (QED) is 0.659. The molecule has 0 bridgehead atoms. The van der Waals surface area contributed by atoms with Gasteiger partial charge in [0.2, 0.25) is 0 Å². The number of nitrogens with two attached hydrogens (primary N) is 1. The Morgan fingerprint density at radius 2 is 2.28 bits per heavy atom. The summed E-state index contributed by atoms with van der Waals surface area (Å²) in [7, 11) is 0. The van der Waals surface area contributed by atoms with E-state index in [0.717, 1.165) is 23.1 Å². The van der Waals surface area contributed by atoms with Crippen LogP contribution in [0.4, 0.5) is 0 Å². The molecule has 5 heteroatoms. The number of nitrogens with one attached hydrogen (secondary N) is 1. The Balaban J connectivity index is 2.20. The normalized spacial score (nSPS) is 12.6. The summed E-state index contributed by atoms with van der Waals surface area (Å²) in [5.74, 6) is 5.67. The van der Waals surface area contributed by atoms with E-state index >= 15 is 0 Å². The highest BCUT2D eigenvalue weighted by atomic mass is 79.9. The molecular formula is C13H17BrN4. The second kappa shape index (κ2) is 6.13. The van der Waals surface area contributed by atoms with Crippen LogP contribution in [0.2, 0.25) is 0 Å². The number of hydrogen-bond acceptors (Lipinski definition) is 3. The van der Waals surface area contributed by atoms with E-state index in [0.29, 0.717) is 0 Å². The summed E-state index contributed by atoms with van der Waals surface area (Å²) < 4.78 is 3.04. The summed E-state index contributed by atoms with van der Waals surface area (Å²) in [6.07, 6.45) is 2.64. The fourth-order valence-electron chi connectivity index (χ4n) is 2.05. The molecule has 1 aromatic heterocycles. The van der Waals surface area contributed by atoms with Gasteiger partial charge in [-0.3, -0.25) is 16.0 Å². The SMILES string of the molecule is CCn1nccc1C(Cc1cccc(Br)c1)NN. The first-order valence-corrected chi connectivity index (χ1v) is 6.76. The Labute approximate surface area is 115 Å². The van der Waals surface area contributed by atoms with Crippen molar-refractivity contribution >= 4 is 15.9 Å². The summed E-state index contributed by atoms with van der Waals surface area (Å²) in [6.45, 7) is 2.92. The highest BCUT2D eigenvalue weighted by Gasteiger charge is 2.14. The number of aryl methyl sites for hydroxylation is 1. The summed E-state index contributed by atoms with van der Waals surface area (Å²) in [6, 6.07) is 10.3. The molecule has 1 unspecified atom stereocenters. The van der Waals surface area contributed by atoms with Crippen molar-refractivity contribution in [3.05, 3.63) is 52.3 Å². The Hall–Kier alpha value is -1.17. The molecule has 1 aromatic carbocycles. The van der Waals surface area contributed by atoms with Gasteiger partial charge in [0, 0.05) is 17.2 Å². The number of rotatable bonds is 5. The minimum absolute atomic E-state index is 0.0711. The van der Waals surface area contributed by atoms with Crippen molar-refractivity contribution in [3.63, 3.8) is 0 Å². The molecule has 3 N–H and O–H groups in total. The number of nitrogens with zero attached hydrogens (tertiary/aromatic N) is 2. The highest BCUT2D eigenvalue weighted by molar-refractivity contribution is 9.10. The first kappa shape index (κ1) is 13.3. The van der Waals surface area contributed by atoms with Crippen LogP contribution in [0, 0.1) is 0 Å². The van der Waals surface area contributed by atoms with Crippen LogP contribution in [-0.4, -0.2) is 9.78 Å². The third-order valence-electron chi connectivity index (χ3n) is 2.94. The van der Waals surface area contributed by atoms with Gasteiger partial charge in [-0.15, -0.1) is 0 Å². The van der Waals surface area contributed by atoms with Crippen molar-refractivity contribution in [1.82, 2.24) is 15.2 Å². The van der Waals surface area contributed by atoms with E-state index in [1.165, 1.54) is 5.56 Å². The molecule has 96 valence electrons. The molecule has 0 fully saturated rings. The predicted molar refractivity (Wildman–Crippen MR) is 75.8 cm³/mol. The first-order valence-electron chi connectivity index (χ1n) is 5.97. The van der Waals surface area contributed by atoms with Gasteiger partial charge in [-0.1, -0.05) is 28.1 Å². The molecular weight excluding hydrogens is 292 g/mol. The van der Waals surface area contributed by atoms with Crippen LogP contribution in [0.25, 0.3) is 0 Å². The Kier molecular flexibility index (Phi) is 4.52. The number of halogens is 1. The maximum atomic E-state index is 5.67. The van der Waals surface area contributed by atoms with Crippen molar-refractivity contribution in [3.8, 4) is 0 Å². The fourth-order valence-corrected chi connectivity index (χ4v) is 2.50. The summed E-state index contributed by atoms with van der Waals surface area (Å²) in [5.41, 5.74) is 5.21. The van der Waals surface area contributed by atoms with Gasteiger partial charge in [-0.2, -0.15) is 5.10 Å². The average molecular weight is 309 g/mol. The van der Waals surface area contributed by atoms with Crippen molar-refractivity contribution in [2.45, 2.75) is 25.9 Å². The van der Waals surface area contributed by atoms with Crippen LogP contribution in [0.1, 0.15) is 24.2 Å². The van der Waals surface area contributed by atoms with Crippen LogP contribution < -0.4 is 11.3 Å². The zero-order valence-electron chi connectivity index (χ0n) is 10.3. The van der Waals surface area contributed by atoms with Gasteiger partial charge in [-0.25, -0.2) is 0 Å². The molecule has 0 saturated carbocycles. The molecule has 1 heterocycles. The number of benzene rings is 1. The lowest BCUT2D eigenvalue weighted by molar-refractivity contribution is 0.490. The molecule has 2 aromatic rings. The molecule has 0 saturated heterocycles.